The Morgan fingerprint density at radius 2 is 1.61 bits per heavy atom. The average Bonchev–Trinajstić information content (AvgIpc) is 3.67. The molecule has 1 aliphatic carbocycles. The van der Waals surface area contributed by atoms with Crippen LogP contribution in [0.4, 0.5) is 0 Å². The van der Waals surface area contributed by atoms with Gasteiger partial charge >= 0.3 is 0 Å². The molecule has 4 amide bonds. The van der Waals surface area contributed by atoms with Crippen molar-refractivity contribution in [3.63, 3.8) is 0 Å². The van der Waals surface area contributed by atoms with Gasteiger partial charge in [0.1, 0.15) is 6.04 Å². The van der Waals surface area contributed by atoms with Crippen molar-refractivity contribution < 1.29 is 19.2 Å². The van der Waals surface area contributed by atoms with Gasteiger partial charge in [0, 0.05) is 98.2 Å². The third kappa shape index (κ3) is 8.97. The van der Waals surface area contributed by atoms with E-state index in [4.69, 9.17) is 9.98 Å². The lowest BCUT2D eigenvalue weighted by Gasteiger charge is -2.47. The summed E-state index contributed by atoms with van der Waals surface area (Å²) in [5, 5.41) is 2.38. The maximum absolute atomic E-state index is 13.6. The summed E-state index contributed by atoms with van der Waals surface area (Å²) in [6.45, 7) is 6.36. The van der Waals surface area contributed by atoms with E-state index in [1.54, 1.807) is 4.90 Å². The van der Waals surface area contributed by atoms with Gasteiger partial charge in [0.15, 0.2) is 5.82 Å². The zero-order valence-electron chi connectivity index (χ0n) is 37.4. The Kier molecular flexibility index (Phi) is 11.6. The summed E-state index contributed by atoms with van der Waals surface area (Å²) in [5.41, 5.74) is 9.57. The standard InChI is InChI=1S/C55H52N8O4/c64-51-20-19-50(53(65)59-51)63-34-44-28-40(17-18-47(44)55(63)67)45-32-62(33-45)46-22-25-60(26-23-46)24-3-4-36-7-9-37(10-8-36)11-12-38-13-15-39(16-14-38)54(66)61-27-21-42-30-57-52(58-49(42)35-61)43-29-41-5-1-2-6-48(41)56-31-43/h1-2,5-18,28-31,41,45-46,48,50H,19-27,32-35H2,(H,59,64,65)/b12-11+. The van der Waals surface area contributed by atoms with Crippen LogP contribution in [0, 0.1) is 17.8 Å². The van der Waals surface area contributed by atoms with Crippen LogP contribution in [-0.4, -0.2) is 117 Å². The van der Waals surface area contributed by atoms with Crippen LogP contribution in [0.5, 0.6) is 0 Å². The molecule has 1 aromatic heterocycles. The molecule has 3 saturated heterocycles. The molecular weight excluding hydrogens is 837 g/mol. The Bertz CT molecular complexity index is 2850. The van der Waals surface area contributed by atoms with Crippen molar-refractivity contribution in [3.8, 4) is 11.8 Å². The fourth-order valence-corrected chi connectivity index (χ4v) is 10.4. The van der Waals surface area contributed by atoms with Crippen LogP contribution in [0.2, 0.25) is 0 Å². The largest absolute Gasteiger partial charge is 0.332 e. The molecule has 6 aliphatic heterocycles. The van der Waals surface area contributed by atoms with Crippen molar-refractivity contribution in [1.82, 2.24) is 34.9 Å². The van der Waals surface area contributed by atoms with Gasteiger partial charge in [-0.15, -0.1) is 0 Å². The first-order chi connectivity index (χ1) is 32.8. The number of likely N-dealkylation sites (tertiary alicyclic amines) is 2. The first-order valence-electron chi connectivity index (χ1n) is 23.6. The molecule has 3 fully saturated rings. The van der Waals surface area contributed by atoms with Crippen LogP contribution in [0.25, 0.3) is 17.7 Å². The van der Waals surface area contributed by atoms with Crippen molar-refractivity contribution in [3.05, 3.63) is 159 Å². The maximum Gasteiger partial charge on any atom is 0.255 e. The number of hydrogen-bond donors (Lipinski definition) is 1. The predicted octanol–water partition coefficient (Wildman–Crippen LogP) is 6.10. The summed E-state index contributed by atoms with van der Waals surface area (Å²) in [6, 6.07) is 22.4. The average molecular weight is 889 g/mol. The number of carbonyl (C=O) groups excluding carboxylic acids is 4. The highest BCUT2D eigenvalue weighted by atomic mass is 16.2. The van der Waals surface area contributed by atoms with Crippen LogP contribution in [0.3, 0.4) is 0 Å². The Morgan fingerprint density at radius 3 is 2.40 bits per heavy atom. The lowest BCUT2D eigenvalue weighted by Crippen LogP contribution is -2.54. The second-order valence-corrected chi connectivity index (χ2v) is 18.7. The highest BCUT2D eigenvalue weighted by Crippen LogP contribution is 2.36. The molecule has 4 aromatic rings. The van der Waals surface area contributed by atoms with E-state index in [2.05, 4.69) is 105 Å². The Hall–Kier alpha value is -7.07. The monoisotopic (exact) mass is 888 g/mol. The van der Waals surface area contributed by atoms with Crippen LogP contribution in [0.1, 0.15) is 97.2 Å². The van der Waals surface area contributed by atoms with E-state index >= 15 is 0 Å². The maximum atomic E-state index is 13.6. The van der Waals surface area contributed by atoms with E-state index < -0.39 is 6.04 Å². The highest BCUT2D eigenvalue weighted by Gasteiger charge is 2.40. The van der Waals surface area contributed by atoms with Crippen molar-refractivity contribution in [2.45, 2.75) is 69.2 Å². The number of nitrogens with zero attached hydrogens (tertiary/aromatic N) is 7. The third-order valence-electron chi connectivity index (χ3n) is 14.5. The number of fused-ring (bicyclic) bond motifs is 3. The van der Waals surface area contributed by atoms with E-state index in [-0.39, 0.29) is 42.0 Å². The van der Waals surface area contributed by atoms with Crippen molar-refractivity contribution >= 4 is 47.6 Å². The molecule has 12 heteroatoms. The summed E-state index contributed by atoms with van der Waals surface area (Å²) in [5.74, 6) is 7.30. The van der Waals surface area contributed by atoms with Gasteiger partial charge < -0.3 is 9.80 Å². The molecule has 3 unspecified atom stereocenters. The van der Waals surface area contributed by atoms with E-state index in [1.807, 2.05) is 53.7 Å². The smallest absolute Gasteiger partial charge is 0.255 e. The fourth-order valence-electron chi connectivity index (χ4n) is 10.4. The molecule has 0 spiro atoms. The van der Waals surface area contributed by atoms with Gasteiger partial charge in [-0.25, -0.2) is 9.97 Å². The Labute approximate surface area is 390 Å². The van der Waals surface area contributed by atoms with E-state index in [0.717, 1.165) is 91.1 Å². The van der Waals surface area contributed by atoms with E-state index in [9.17, 15) is 19.2 Å². The molecule has 7 heterocycles. The minimum absolute atomic E-state index is 0.00177. The summed E-state index contributed by atoms with van der Waals surface area (Å²) < 4.78 is 0. The number of piperidine rings is 2. The predicted molar refractivity (Wildman–Crippen MR) is 257 cm³/mol. The van der Waals surface area contributed by atoms with Gasteiger partial charge in [0.2, 0.25) is 11.8 Å². The molecule has 3 aromatic carbocycles. The van der Waals surface area contributed by atoms with Crippen molar-refractivity contribution in [2.75, 3.05) is 39.3 Å². The molecule has 0 bridgehead atoms. The first kappa shape index (κ1) is 42.6. The molecule has 1 N–H and O–H groups in total. The summed E-state index contributed by atoms with van der Waals surface area (Å²) >= 11 is 0. The number of benzene rings is 3. The SMILES string of the molecule is O=C1CCC(N2Cc3cc(C4CN(C5CCN(CC#Cc6ccc(/C=C/c7ccc(C(=O)N8CCc9cnc(C%10=CC%11C=CC=CC%11N=C%10)nc9C8)cc7)cc6)CC5)C4)ccc3C2=O)C(=O)N1. The van der Waals surface area contributed by atoms with Crippen LogP contribution >= 0.6 is 0 Å². The van der Waals surface area contributed by atoms with Crippen molar-refractivity contribution in [1.29, 1.82) is 0 Å². The van der Waals surface area contributed by atoms with Gasteiger partial charge in [-0.2, -0.15) is 0 Å². The second kappa shape index (κ2) is 18.3. The number of allylic oxidation sites excluding steroid dienone is 3. The molecular formula is C55H52N8O4. The number of dihydropyridines is 1. The Balaban J connectivity index is 0.613. The topological polar surface area (TPSA) is 131 Å². The summed E-state index contributed by atoms with van der Waals surface area (Å²) in [6.07, 6.45) is 22.1. The number of imide groups is 1. The second-order valence-electron chi connectivity index (χ2n) is 18.7. The zero-order chi connectivity index (χ0) is 45.4. The molecule has 3 atom stereocenters. The van der Waals surface area contributed by atoms with E-state index in [0.29, 0.717) is 55.0 Å². The number of rotatable bonds is 8. The molecule has 67 heavy (non-hydrogen) atoms. The van der Waals surface area contributed by atoms with E-state index in [1.165, 1.54) is 5.56 Å². The number of amides is 4. The first-order valence-corrected chi connectivity index (χ1v) is 23.6. The highest BCUT2D eigenvalue weighted by molar-refractivity contribution is 6.09. The molecule has 336 valence electrons. The number of carbonyl (C=O) groups is 4. The molecule has 0 saturated carbocycles. The van der Waals surface area contributed by atoms with Gasteiger partial charge in [0.25, 0.3) is 11.8 Å². The van der Waals surface area contributed by atoms with Crippen molar-refractivity contribution in [2.24, 2.45) is 10.9 Å². The lowest BCUT2D eigenvalue weighted by molar-refractivity contribution is -0.136. The van der Waals surface area contributed by atoms with Gasteiger partial charge in [-0.1, -0.05) is 90.8 Å². The van der Waals surface area contributed by atoms with Crippen LogP contribution < -0.4 is 5.32 Å². The molecule has 0 radical (unpaired) electrons. The zero-order valence-corrected chi connectivity index (χ0v) is 37.4. The quantitative estimate of drug-likeness (QED) is 0.128. The van der Waals surface area contributed by atoms with Crippen LogP contribution in [0.15, 0.2) is 108 Å². The number of hydrogen-bond acceptors (Lipinski definition) is 9. The summed E-state index contributed by atoms with van der Waals surface area (Å²) in [4.78, 5) is 73.6. The fraction of sp³-hybridized carbons (Fsp3) is 0.327. The minimum atomic E-state index is -0.586. The molecule has 11 rings (SSSR count). The van der Waals surface area contributed by atoms with Gasteiger partial charge in [-0.3, -0.25) is 39.3 Å². The van der Waals surface area contributed by atoms with Gasteiger partial charge in [0.05, 0.1) is 24.8 Å². The lowest BCUT2D eigenvalue weighted by atomic mass is 9.86. The number of aromatic nitrogens is 2. The normalized spacial score (nSPS) is 23.0. The minimum Gasteiger partial charge on any atom is -0.332 e. The van der Waals surface area contributed by atoms with Crippen LogP contribution in [-0.2, 0) is 29.1 Å². The Morgan fingerprint density at radius 1 is 0.836 bits per heavy atom. The number of aliphatic imine (C=N–C) groups is 1. The number of nitrogens with one attached hydrogen (secondary N) is 1. The van der Waals surface area contributed by atoms with Gasteiger partial charge in [-0.05, 0) is 83.8 Å². The molecule has 7 aliphatic rings. The summed E-state index contributed by atoms with van der Waals surface area (Å²) in [7, 11) is 0. The molecule has 12 nitrogen and oxygen atoms in total. The third-order valence-corrected chi connectivity index (χ3v) is 14.5.